The Balaban J connectivity index is 1.55. The molecule has 0 saturated heterocycles. The van der Waals surface area contributed by atoms with Crippen LogP contribution in [-0.2, 0) is 4.79 Å². The molecule has 0 aliphatic rings. The number of anilines is 1. The summed E-state index contributed by atoms with van der Waals surface area (Å²) in [6.07, 6.45) is 7.99. The van der Waals surface area contributed by atoms with Crippen molar-refractivity contribution in [1.29, 1.82) is 0 Å². The maximum absolute atomic E-state index is 13.3. The largest absolute Gasteiger partial charge is 0.497 e. The van der Waals surface area contributed by atoms with E-state index in [4.69, 9.17) is 9.47 Å². The van der Waals surface area contributed by atoms with E-state index in [-0.39, 0.29) is 11.5 Å². The van der Waals surface area contributed by atoms with Crippen molar-refractivity contribution in [2.75, 3.05) is 19.5 Å². The summed E-state index contributed by atoms with van der Waals surface area (Å²) in [7, 11) is 3.04. The maximum atomic E-state index is 13.3. The molecule has 4 aromatic rings. The lowest BCUT2D eigenvalue weighted by Crippen LogP contribution is -2.30. The van der Waals surface area contributed by atoms with E-state index >= 15 is 0 Å². The summed E-state index contributed by atoms with van der Waals surface area (Å²) in [4.78, 5) is 42.8. The Bertz CT molecular complexity index is 1550. The van der Waals surface area contributed by atoms with Gasteiger partial charge < -0.3 is 20.1 Å². The van der Waals surface area contributed by atoms with E-state index in [1.807, 2.05) is 6.07 Å². The van der Waals surface area contributed by atoms with Crippen molar-refractivity contribution >= 4 is 35.4 Å². The predicted molar refractivity (Wildman–Crippen MR) is 154 cm³/mol. The first-order valence-corrected chi connectivity index (χ1v) is 12.3. The van der Waals surface area contributed by atoms with Crippen LogP contribution in [0.3, 0.4) is 0 Å². The predicted octanol–water partition coefficient (Wildman–Crippen LogP) is 5.40. The number of allylic oxidation sites excluding steroid dienone is 1. The number of nitrogens with zero attached hydrogens (tertiary/aromatic N) is 1. The third-order valence-corrected chi connectivity index (χ3v) is 5.81. The normalized spacial score (nSPS) is 11.1. The number of carbonyl (C=O) groups is 3. The highest BCUT2D eigenvalue weighted by Crippen LogP contribution is 2.26. The maximum Gasteiger partial charge on any atom is 0.272 e. The molecule has 3 aromatic carbocycles. The van der Waals surface area contributed by atoms with Crippen molar-refractivity contribution in [3.8, 4) is 11.5 Å². The molecule has 0 bridgehead atoms. The zero-order valence-corrected chi connectivity index (χ0v) is 22.0. The average Bonchev–Trinajstić information content (AvgIpc) is 3.00. The molecule has 0 radical (unpaired) electrons. The second-order valence-corrected chi connectivity index (χ2v) is 8.50. The second kappa shape index (κ2) is 13.3. The van der Waals surface area contributed by atoms with E-state index in [2.05, 4.69) is 15.6 Å². The topological polar surface area (TPSA) is 107 Å². The van der Waals surface area contributed by atoms with E-state index < -0.39 is 11.8 Å². The fourth-order valence-corrected chi connectivity index (χ4v) is 3.69. The van der Waals surface area contributed by atoms with Crippen LogP contribution in [0.5, 0.6) is 11.5 Å². The fraction of sp³-hybridized carbons (Fsp3) is 0.0625. The van der Waals surface area contributed by atoms with Gasteiger partial charge >= 0.3 is 0 Å². The standard InChI is InChI=1S/C32H27N3O5/c1-39-27-16-13-25(30(20-27)40-2)19-28(35-31(37)24-8-4-3-5-9-24)32(38)34-26-14-11-23(12-15-26)29(36)17-10-22-7-6-18-33-21-22/h3-21H,1-2H3,(H,34,38)(H,35,37)/b17-10+,28-19-. The van der Waals surface area contributed by atoms with Crippen molar-refractivity contribution in [3.05, 3.63) is 131 Å². The molecule has 0 aliphatic carbocycles. The van der Waals surface area contributed by atoms with Gasteiger partial charge in [-0.25, -0.2) is 0 Å². The molecule has 200 valence electrons. The van der Waals surface area contributed by atoms with Gasteiger partial charge in [0.25, 0.3) is 11.8 Å². The van der Waals surface area contributed by atoms with Gasteiger partial charge in [-0.15, -0.1) is 0 Å². The first-order valence-electron chi connectivity index (χ1n) is 12.3. The molecule has 0 unspecified atom stereocenters. The van der Waals surface area contributed by atoms with Gasteiger partial charge in [-0.05, 0) is 78.4 Å². The smallest absolute Gasteiger partial charge is 0.272 e. The van der Waals surface area contributed by atoms with Gasteiger partial charge in [0, 0.05) is 40.8 Å². The summed E-state index contributed by atoms with van der Waals surface area (Å²) in [5.74, 6) is -0.156. The van der Waals surface area contributed by atoms with Crippen LogP contribution in [0.15, 0.2) is 109 Å². The Morgan fingerprint density at radius 2 is 1.60 bits per heavy atom. The Morgan fingerprint density at radius 3 is 2.27 bits per heavy atom. The highest BCUT2D eigenvalue weighted by atomic mass is 16.5. The van der Waals surface area contributed by atoms with Gasteiger partial charge in [0.1, 0.15) is 17.2 Å². The van der Waals surface area contributed by atoms with Gasteiger partial charge in [0.05, 0.1) is 14.2 Å². The third-order valence-electron chi connectivity index (χ3n) is 5.81. The fourth-order valence-electron chi connectivity index (χ4n) is 3.69. The highest BCUT2D eigenvalue weighted by molar-refractivity contribution is 6.11. The molecule has 1 aromatic heterocycles. The summed E-state index contributed by atoms with van der Waals surface area (Å²) in [5, 5.41) is 5.48. The zero-order valence-electron chi connectivity index (χ0n) is 22.0. The van der Waals surface area contributed by atoms with E-state index in [1.54, 1.807) is 104 Å². The first kappa shape index (κ1) is 27.5. The van der Waals surface area contributed by atoms with Crippen LogP contribution in [-0.4, -0.2) is 36.8 Å². The van der Waals surface area contributed by atoms with Crippen molar-refractivity contribution < 1.29 is 23.9 Å². The van der Waals surface area contributed by atoms with Crippen molar-refractivity contribution in [1.82, 2.24) is 10.3 Å². The number of hydrogen-bond donors (Lipinski definition) is 2. The number of pyridine rings is 1. The number of rotatable bonds is 10. The van der Waals surface area contributed by atoms with E-state index in [0.29, 0.717) is 33.9 Å². The zero-order chi connectivity index (χ0) is 28.3. The van der Waals surface area contributed by atoms with Crippen molar-refractivity contribution in [2.24, 2.45) is 0 Å². The molecule has 40 heavy (non-hydrogen) atoms. The number of nitrogens with one attached hydrogen (secondary N) is 2. The van der Waals surface area contributed by atoms with Crippen LogP contribution >= 0.6 is 0 Å². The van der Waals surface area contributed by atoms with Gasteiger partial charge in [-0.2, -0.15) is 0 Å². The second-order valence-electron chi connectivity index (χ2n) is 8.50. The van der Waals surface area contributed by atoms with Crippen molar-refractivity contribution in [2.45, 2.75) is 0 Å². The van der Waals surface area contributed by atoms with Gasteiger partial charge in [0.15, 0.2) is 5.78 Å². The van der Waals surface area contributed by atoms with Crippen LogP contribution in [0.2, 0.25) is 0 Å². The quantitative estimate of drug-likeness (QED) is 0.209. The number of ketones is 1. The molecule has 0 aliphatic heterocycles. The summed E-state index contributed by atoms with van der Waals surface area (Å²) < 4.78 is 10.7. The third kappa shape index (κ3) is 7.29. The van der Waals surface area contributed by atoms with Gasteiger partial charge in [0.2, 0.25) is 0 Å². The molecule has 0 fully saturated rings. The Hall–Kier alpha value is -5.50. The van der Waals surface area contributed by atoms with Crippen LogP contribution < -0.4 is 20.1 Å². The molecule has 2 amide bonds. The molecule has 0 atom stereocenters. The molecule has 8 heteroatoms. The lowest BCUT2D eigenvalue weighted by molar-refractivity contribution is -0.113. The lowest BCUT2D eigenvalue weighted by Gasteiger charge is -2.13. The van der Waals surface area contributed by atoms with Crippen molar-refractivity contribution in [3.63, 3.8) is 0 Å². The number of benzene rings is 3. The van der Waals surface area contributed by atoms with E-state index in [9.17, 15) is 14.4 Å². The van der Waals surface area contributed by atoms with Gasteiger partial charge in [-0.1, -0.05) is 24.3 Å². The van der Waals surface area contributed by atoms with E-state index in [1.165, 1.54) is 19.3 Å². The molecule has 4 rings (SSSR count). The summed E-state index contributed by atoms with van der Waals surface area (Å²) >= 11 is 0. The Labute approximate surface area is 232 Å². The molecule has 2 N–H and O–H groups in total. The minimum atomic E-state index is -0.558. The number of hydrogen-bond acceptors (Lipinski definition) is 6. The number of carbonyl (C=O) groups excluding carboxylic acids is 3. The number of amides is 2. The van der Waals surface area contributed by atoms with E-state index in [0.717, 1.165) is 5.56 Å². The molecule has 0 saturated carbocycles. The monoisotopic (exact) mass is 533 g/mol. The SMILES string of the molecule is COc1ccc(/C=C(\NC(=O)c2ccccc2)C(=O)Nc2ccc(C(=O)/C=C/c3cccnc3)cc2)c(OC)c1. The first-order chi connectivity index (χ1) is 19.5. The lowest BCUT2D eigenvalue weighted by atomic mass is 10.1. The summed E-state index contributed by atoms with van der Waals surface area (Å²) in [6.45, 7) is 0. The van der Waals surface area contributed by atoms with Crippen LogP contribution in [0.4, 0.5) is 5.69 Å². The van der Waals surface area contributed by atoms with Gasteiger partial charge in [-0.3, -0.25) is 19.4 Å². The van der Waals surface area contributed by atoms with Crippen LogP contribution in [0, 0.1) is 0 Å². The molecular weight excluding hydrogens is 506 g/mol. The minimum absolute atomic E-state index is 0.00289. The van der Waals surface area contributed by atoms with Crippen LogP contribution in [0.25, 0.3) is 12.2 Å². The Kier molecular flexibility index (Phi) is 9.18. The summed E-state index contributed by atoms with van der Waals surface area (Å²) in [6, 6.07) is 23.8. The molecular formula is C32H27N3O5. The number of methoxy groups -OCH3 is 2. The summed E-state index contributed by atoms with van der Waals surface area (Å²) in [5.41, 5.74) is 2.66. The highest BCUT2D eigenvalue weighted by Gasteiger charge is 2.17. The average molecular weight is 534 g/mol. The molecule has 8 nitrogen and oxygen atoms in total. The van der Waals surface area contributed by atoms with Crippen LogP contribution in [0.1, 0.15) is 31.8 Å². The number of aromatic nitrogens is 1. The number of ether oxygens (including phenoxy) is 2. The molecule has 1 heterocycles. The minimum Gasteiger partial charge on any atom is -0.497 e. The molecule has 0 spiro atoms. The Morgan fingerprint density at radius 1 is 0.825 bits per heavy atom.